The summed E-state index contributed by atoms with van der Waals surface area (Å²) in [6, 6.07) is 0. The number of carbonyl (C=O) groups is 4. The molecular formula is C14H19ClO9. The Kier molecular flexibility index (Phi) is 7.43. The highest BCUT2D eigenvalue weighted by Crippen LogP contribution is 2.31. The molecule has 5 atom stereocenters. The largest absolute Gasteiger partial charge is 0.463 e. The van der Waals surface area contributed by atoms with Crippen molar-refractivity contribution in [3.05, 3.63) is 0 Å². The average Bonchev–Trinajstić information content (AvgIpc) is 2.42. The van der Waals surface area contributed by atoms with E-state index in [1.54, 1.807) is 0 Å². The SMILES string of the molecule is CC(=O)OCC1OC(OC(C)=O)C(OC(C)=O)C(Cl)C1OC(C)=O. The molecule has 1 fully saturated rings. The van der Waals surface area contributed by atoms with Crippen LogP contribution in [-0.4, -0.2) is 60.5 Å². The molecule has 1 heterocycles. The van der Waals surface area contributed by atoms with Crippen LogP contribution in [0.2, 0.25) is 0 Å². The minimum atomic E-state index is -1.33. The monoisotopic (exact) mass is 366 g/mol. The molecule has 9 nitrogen and oxygen atoms in total. The Morgan fingerprint density at radius 1 is 0.833 bits per heavy atom. The highest BCUT2D eigenvalue weighted by atomic mass is 35.5. The molecule has 1 saturated heterocycles. The maximum Gasteiger partial charge on any atom is 0.305 e. The fourth-order valence-corrected chi connectivity index (χ4v) is 2.49. The van der Waals surface area contributed by atoms with Crippen LogP contribution in [0, 0.1) is 0 Å². The molecule has 5 unspecified atom stereocenters. The van der Waals surface area contributed by atoms with Crippen LogP contribution < -0.4 is 0 Å². The zero-order valence-corrected chi connectivity index (χ0v) is 14.4. The predicted octanol–water partition coefficient (Wildman–Crippen LogP) is 0.308. The minimum absolute atomic E-state index is 0.291. The number of esters is 4. The van der Waals surface area contributed by atoms with E-state index < -0.39 is 53.9 Å². The second-order valence-electron chi connectivity index (χ2n) is 5.05. The zero-order chi connectivity index (χ0) is 18.4. The van der Waals surface area contributed by atoms with Crippen LogP contribution in [0.1, 0.15) is 27.7 Å². The van der Waals surface area contributed by atoms with Gasteiger partial charge in [-0.2, -0.15) is 0 Å². The van der Waals surface area contributed by atoms with Gasteiger partial charge in [0.1, 0.15) is 18.1 Å². The number of hydrogen-bond donors (Lipinski definition) is 0. The van der Waals surface area contributed by atoms with Gasteiger partial charge in [0.2, 0.25) is 6.29 Å². The van der Waals surface area contributed by atoms with Crippen molar-refractivity contribution >= 4 is 35.5 Å². The van der Waals surface area contributed by atoms with E-state index in [9.17, 15) is 19.2 Å². The molecule has 0 bridgehead atoms. The molecule has 0 amide bonds. The Hall–Kier alpha value is -1.87. The van der Waals surface area contributed by atoms with Crippen LogP contribution in [0.5, 0.6) is 0 Å². The molecule has 0 radical (unpaired) electrons. The lowest BCUT2D eigenvalue weighted by molar-refractivity contribution is -0.268. The first-order chi connectivity index (χ1) is 11.1. The molecule has 1 aliphatic heterocycles. The molecule has 1 rings (SSSR count). The van der Waals surface area contributed by atoms with Crippen molar-refractivity contribution in [2.75, 3.05) is 6.61 Å². The van der Waals surface area contributed by atoms with Gasteiger partial charge >= 0.3 is 23.9 Å². The van der Waals surface area contributed by atoms with E-state index in [1.165, 1.54) is 6.92 Å². The van der Waals surface area contributed by atoms with Crippen LogP contribution >= 0.6 is 11.6 Å². The molecule has 0 aromatic carbocycles. The van der Waals surface area contributed by atoms with Crippen LogP contribution in [0.3, 0.4) is 0 Å². The molecule has 136 valence electrons. The van der Waals surface area contributed by atoms with E-state index in [4.69, 9.17) is 35.3 Å². The summed E-state index contributed by atoms with van der Waals surface area (Å²) in [4.78, 5) is 44.8. The van der Waals surface area contributed by atoms with Crippen molar-refractivity contribution in [3.63, 3.8) is 0 Å². The van der Waals surface area contributed by atoms with Crippen LogP contribution in [0.25, 0.3) is 0 Å². The van der Waals surface area contributed by atoms with Crippen LogP contribution in [0.4, 0.5) is 0 Å². The number of alkyl halides is 1. The highest BCUT2D eigenvalue weighted by molar-refractivity contribution is 6.21. The van der Waals surface area contributed by atoms with E-state index in [1.807, 2.05) is 0 Å². The van der Waals surface area contributed by atoms with Gasteiger partial charge in [0.05, 0.1) is 0 Å². The summed E-state index contributed by atoms with van der Waals surface area (Å²) in [5.74, 6) is -2.63. The van der Waals surface area contributed by atoms with Crippen molar-refractivity contribution in [2.24, 2.45) is 0 Å². The molecule has 1 aliphatic rings. The Balaban J connectivity index is 3.04. The lowest BCUT2D eigenvalue weighted by atomic mass is 10.0. The van der Waals surface area contributed by atoms with Gasteiger partial charge in [-0.15, -0.1) is 11.6 Å². The maximum atomic E-state index is 11.3. The van der Waals surface area contributed by atoms with Crippen molar-refractivity contribution in [1.29, 1.82) is 0 Å². The zero-order valence-electron chi connectivity index (χ0n) is 13.6. The third-order valence-electron chi connectivity index (χ3n) is 2.91. The van der Waals surface area contributed by atoms with Gasteiger partial charge in [0.15, 0.2) is 12.2 Å². The van der Waals surface area contributed by atoms with Crippen molar-refractivity contribution in [3.8, 4) is 0 Å². The minimum Gasteiger partial charge on any atom is -0.463 e. The summed E-state index contributed by atoms with van der Waals surface area (Å²) in [5.41, 5.74) is 0. The maximum absolute atomic E-state index is 11.3. The number of halogens is 1. The first-order valence-corrected chi connectivity index (χ1v) is 7.50. The number of ether oxygens (including phenoxy) is 5. The van der Waals surface area contributed by atoms with Gasteiger partial charge in [-0.25, -0.2) is 0 Å². The normalized spacial score (nSPS) is 29.3. The predicted molar refractivity (Wildman–Crippen MR) is 77.8 cm³/mol. The van der Waals surface area contributed by atoms with Gasteiger partial charge in [0.25, 0.3) is 0 Å². The fourth-order valence-electron chi connectivity index (χ4n) is 2.11. The Morgan fingerprint density at radius 3 is 1.79 bits per heavy atom. The summed E-state index contributed by atoms with van der Waals surface area (Å²) in [6.07, 6.45) is -4.62. The van der Waals surface area contributed by atoms with E-state index in [2.05, 4.69) is 0 Å². The molecular weight excluding hydrogens is 348 g/mol. The Bertz CT molecular complexity index is 504. The van der Waals surface area contributed by atoms with Crippen LogP contribution in [0.15, 0.2) is 0 Å². The molecule has 0 N–H and O–H groups in total. The molecule has 0 saturated carbocycles. The van der Waals surface area contributed by atoms with Crippen LogP contribution in [-0.2, 0) is 42.9 Å². The third-order valence-corrected chi connectivity index (χ3v) is 3.41. The quantitative estimate of drug-likeness (QED) is 0.385. The van der Waals surface area contributed by atoms with Gasteiger partial charge in [-0.1, -0.05) is 0 Å². The lowest BCUT2D eigenvalue weighted by Gasteiger charge is -2.42. The van der Waals surface area contributed by atoms with Gasteiger partial charge < -0.3 is 23.7 Å². The molecule has 0 spiro atoms. The summed E-state index contributed by atoms with van der Waals surface area (Å²) in [5, 5.41) is -1.09. The third kappa shape index (κ3) is 5.97. The molecule has 0 aromatic rings. The fraction of sp³-hybridized carbons (Fsp3) is 0.714. The number of rotatable bonds is 5. The number of hydrogen-bond acceptors (Lipinski definition) is 9. The summed E-state index contributed by atoms with van der Waals surface area (Å²) < 4.78 is 25.4. The number of carbonyl (C=O) groups excluding carboxylic acids is 4. The Labute approximate surface area is 143 Å². The molecule has 24 heavy (non-hydrogen) atoms. The second-order valence-corrected chi connectivity index (χ2v) is 5.55. The second kappa shape index (κ2) is 8.84. The van der Waals surface area contributed by atoms with Gasteiger partial charge in [0, 0.05) is 27.7 Å². The topological polar surface area (TPSA) is 114 Å². The van der Waals surface area contributed by atoms with E-state index in [0.29, 0.717) is 0 Å². The molecule has 0 aromatic heterocycles. The van der Waals surface area contributed by atoms with E-state index >= 15 is 0 Å². The smallest absolute Gasteiger partial charge is 0.305 e. The van der Waals surface area contributed by atoms with Crippen molar-refractivity contribution in [1.82, 2.24) is 0 Å². The Morgan fingerprint density at radius 2 is 1.33 bits per heavy atom. The van der Waals surface area contributed by atoms with Gasteiger partial charge in [-0.05, 0) is 0 Å². The summed E-state index contributed by atoms with van der Waals surface area (Å²) in [7, 11) is 0. The molecule has 10 heteroatoms. The standard InChI is InChI=1S/C14H19ClO9/c1-6(16)20-5-10-12(21-7(2)17)11(15)13(22-8(3)18)14(24-10)23-9(4)19/h10-14H,5H2,1-4H3. The van der Waals surface area contributed by atoms with Crippen molar-refractivity contribution < 1.29 is 42.9 Å². The highest BCUT2D eigenvalue weighted by Gasteiger charge is 2.50. The first-order valence-electron chi connectivity index (χ1n) is 7.06. The van der Waals surface area contributed by atoms with Crippen molar-refractivity contribution in [2.45, 2.75) is 57.7 Å². The summed E-state index contributed by atoms with van der Waals surface area (Å²) >= 11 is 6.26. The first kappa shape index (κ1) is 20.2. The van der Waals surface area contributed by atoms with E-state index in [-0.39, 0.29) is 6.61 Å². The average molecular weight is 367 g/mol. The van der Waals surface area contributed by atoms with E-state index in [0.717, 1.165) is 20.8 Å². The lowest BCUT2D eigenvalue weighted by Crippen LogP contribution is -2.60. The molecule has 0 aliphatic carbocycles. The van der Waals surface area contributed by atoms with Gasteiger partial charge in [-0.3, -0.25) is 19.2 Å². The summed E-state index contributed by atoms with van der Waals surface area (Å²) in [6.45, 7) is 4.33.